The Kier molecular flexibility index (Phi) is 5.98. The summed E-state index contributed by atoms with van der Waals surface area (Å²) in [5.74, 6) is 0.391. The fraction of sp³-hybridized carbons (Fsp3) is 0.625. The van der Waals surface area contributed by atoms with Crippen LogP contribution < -0.4 is 11.0 Å². The van der Waals surface area contributed by atoms with Crippen LogP contribution in [-0.2, 0) is 4.79 Å². The maximum Gasteiger partial charge on any atom is 0.346 e. The van der Waals surface area contributed by atoms with Gasteiger partial charge in [-0.3, -0.25) is 9.59 Å². The van der Waals surface area contributed by atoms with Crippen molar-refractivity contribution in [2.45, 2.75) is 57.5 Å². The van der Waals surface area contributed by atoms with Crippen molar-refractivity contribution >= 4 is 23.5 Å². The zero-order valence-electron chi connectivity index (χ0n) is 13.8. The SMILES string of the molecule is CC(=O)c1c(SCC(=O)N[C@H]2CCCC[C@H]2C)nc(=O)[nH]c1C. The van der Waals surface area contributed by atoms with Gasteiger partial charge < -0.3 is 10.3 Å². The molecule has 1 aliphatic carbocycles. The first kappa shape index (κ1) is 17.7. The van der Waals surface area contributed by atoms with E-state index in [0.29, 0.717) is 22.2 Å². The van der Waals surface area contributed by atoms with Crippen molar-refractivity contribution < 1.29 is 9.59 Å². The second-order valence-electron chi connectivity index (χ2n) is 6.13. The molecule has 126 valence electrons. The molecule has 0 aromatic carbocycles. The van der Waals surface area contributed by atoms with Crippen LogP contribution in [0.3, 0.4) is 0 Å². The van der Waals surface area contributed by atoms with Crippen LogP contribution in [0.1, 0.15) is 55.6 Å². The Hall–Kier alpha value is -1.63. The van der Waals surface area contributed by atoms with E-state index in [4.69, 9.17) is 0 Å². The second-order valence-corrected chi connectivity index (χ2v) is 7.09. The highest BCUT2D eigenvalue weighted by molar-refractivity contribution is 8.00. The predicted octanol–water partition coefficient (Wildman–Crippen LogP) is 2.07. The van der Waals surface area contributed by atoms with Gasteiger partial charge in [0.25, 0.3) is 0 Å². The Labute approximate surface area is 139 Å². The molecule has 0 spiro atoms. The monoisotopic (exact) mass is 337 g/mol. The van der Waals surface area contributed by atoms with E-state index in [1.807, 2.05) is 0 Å². The fourth-order valence-corrected chi connectivity index (χ4v) is 3.93. The van der Waals surface area contributed by atoms with Crippen molar-refractivity contribution in [3.8, 4) is 0 Å². The van der Waals surface area contributed by atoms with Crippen molar-refractivity contribution in [3.63, 3.8) is 0 Å². The van der Waals surface area contributed by atoms with E-state index in [1.165, 1.54) is 13.3 Å². The van der Waals surface area contributed by atoms with Gasteiger partial charge in [-0.1, -0.05) is 31.5 Å². The largest absolute Gasteiger partial charge is 0.352 e. The van der Waals surface area contributed by atoms with Crippen molar-refractivity contribution in [1.82, 2.24) is 15.3 Å². The predicted molar refractivity (Wildman–Crippen MR) is 89.9 cm³/mol. The Morgan fingerprint density at radius 1 is 1.35 bits per heavy atom. The minimum Gasteiger partial charge on any atom is -0.352 e. The number of carbonyl (C=O) groups excluding carboxylic acids is 2. The summed E-state index contributed by atoms with van der Waals surface area (Å²) in [5, 5.41) is 3.38. The third kappa shape index (κ3) is 4.67. The summed E-state index contributed by atoms with van der Waals surface area (Å²) in [5.41, 5.74) is 0.367. The lowest BCUT2D eigenvalue weighted by atomic mass is 9.86. The highest BCUT2D eigenvalue weighted by Gasteiger charge is 2.23. The molecule has 6 nitrogen and oxygen atoms in total. The van der Waals surface area contributed by atoms with Crippen LogP contribution >= 0.6 is 11.8 Å². The number of aryl methyl sites for hydroxylation is 1. The van der Waals surface area contributed by atoms with Gasteiger partial charge in [-0.15, -0.1) is 0 Å². The van der Waals surface area contributed by atoms with E-state index in [1.54, 1.807) is 6.92 Å². The van der Waals surface area contributed by atoms with E-state index < -0.39 is 5.69 Å². The molecule has 1 aromatic rings. The van der Waals surface area contributed by atoms with Crippen LogP contribution in [0.4, 0.5) is 0 Å². The molecule has 2 rings (SSSR count). The lowest BCUT2D eigenvalue weighted by molar-refractivity contribution is -0.119. The van der Waals surface area contributed by atoms with Gasteiger partial charge in [-0.05, 0) is 32.6 Å². The molecule has 1 heterocycles. The van der Waals surface area contributed by atoms with Gasteiger partial charge in [0.2, 0.25) is 5.91 Å². The lowest BCUT2D eigenvalue weighted by Crippen LogP contribution is -2.41. The second kappa shape index (κ2) is 7.77. The Bertz CT molecular complexity index is 656. The molecule has 2 atom stereocenters. The third-order valence-electron chi connectivity index (χ3n) is 4.24. The normalized spacial score (nSPS) is 21.0. The highest BCUT2D eigenvalue weighted by Crippen LogP contribution is 2.25. The fourth-order valence-electron chi connectivity index (χ4n) is 2.99. The van der Waals surface area contributed by atoms with Crippen molar-refractivity contribution in [2.24, 2.45) is 5.92 Å². The highest BCUT2D eigenvalue weighted by atomic mass is 32.2. The third-order valence-corrected chi connectivity index (χ3v) is 5.21. The number of amides is 1. The molecule has 0 radical (unpaired) electrons. The van der Waals surface area contributed by atoms with E-state index in [2.05, 4.69) is 22.2 Å². The van der Waals surface area contributed by atoms with Crippen LogP contribution in [0.15, 0.2) is 9.82 Å². The number of rotatable bonds is 5. The molecule has 7 heteroatoms. The topological polar surface area (TPSA) is 91.9 Å². The number of aromatic amines is 1. The Balaban J connectivity index is 2.01. The summed E-state index contributed by atoms with van der Waals surface area (Å²) >= 11 is 1.14. The van der Waals surface area contributed by atoms with E-state index >= 15 is 0 Å². The van der Waals surface area contributed by atoms with E-state index in [-0.39, 0.29) is 23.5 Å². The first-order chi connectivity index (χ1) is 10.9. The van der Waals surface area contributed by atoms with E-state index in [9.17, 15) is 14.4 Å². The number of thioether (sulfide) groups is 1. The standard InChI is InChI=1S/C16H23N3O3S/c1-9-6-4-5-7-12(9)18-13(21)8-23-15-14(11(3)20)10(2)17-16(22)19-15/h9,12H,4-8H2,1-3H3,(H,18,21)(H,17,19,22)/t9-,12+/m1/s1. The number of Topliss-reactive ketones (excluding diaryl/α,β-unsaturated/α-hetero) is 1. The molecule has 0 bridgehead atoms. The maximum absolute atomic E-state index is 12.2. The number of hydrogen-bond acceptors (Lipinski definition) is 5. The van der Waals surface area contributed by atoms with Gasteiger partial charge in [-0.25, -0.2) is 4.79 Å². The summed E-state index contributed by atoms with van der Waals surface area (Å²) < 4.78 is 0. The van der Waals surface area contributed by atoms with Crippen molar-refractivity contribution in [2.75, 3.05) is 5.75 Å². The number of carbonyl (C=O) groups is 2. The summed E-state index contributed by atoms with van der Waals surface area (Å²) in [7, 11) is 0. The molecule has 1 aliphatic rings. The molecule has 2 N–H and O–H groups in total. The molecule has 0 aliphatic heterocycles. The Morgan fingerprint density at radius 2 is 2.04 bits per heavy atom. The smallest absolute Gasteiger partial charge is 0.346 e. The molecule has 1 aromatic heterocycles. The molecule has 1 amide bonds. The molecule has 0 saturated heterocycles. The number of H-pyrrole nitrogens is 1. The average molecular weight is 337 g/mol. The summed E-state index contributed by atoms with van der Waals surface area (Å²) in [6.07, 6.45) is 4.52. The number of hydrogen-bond donors (Lipinski definition) is 2. The number of nitrogens with zero attached hydrogens (tertiary/aromatic N) is 1. The quantitative estimate of drug-likeness (QED) is 0.487. The molecular weight excluding hydrogens is 314 g/mol. The van der Waals surface area contributed by atoms with Gasteiger partial charge in [-0.2, -0.15) is 4.98 Å². The number of nitrogens with one attached hydrogen (secondary N) is 2. The van der Waals surface area contributed by atoms with Crippen LogP contribution in [-0.4, -0.2) is 33.5 Å². The van der Waals surface area contributed by atoms with Crippen molar-refractivity contribution in [1.29, 1.82) is 0 Å². The molecule has 23 heavy (non-hydrogen) atoms. The van der Waals surface area contributed by atoms with Gasteiger partial charge >= 0.3 is 5.69 Å². The van der Waals surface area contributed by atoms with Crippen molar-refractivity contribution in [3.05, 3.63) is 21.7 Å². The van der Waals surface area contributed by atoms with Gasteiger partial charge in [0.1, 0.15) is 5.03 Å². The molecule has 1 saturated carbocycles. The van der Waals surface area contributed by atoms with Gasteiger partial charge in [0, 0.05) is 11.7 Å². The van der Waals surface area contributed by atoms with Crippen LogP contribution in [0.5, 0.6) is 0 Å². The minimum absolute atomic E-state index is 0.0806. The molecule has 1 fully saturated rings. The maximum atomic E-state index is 12.2. The van der Waals surface area contributed by atoms with Gasteiger partial charge in [0.15, 0.2) is 5.78 Å². The first-order valence-corrected chi connectivity index (χ1v) is 8.91. The van der Waals surface area contributed by atoms with E-state index in [0.717, 1.165) is 31.0 Å². The zero-order chi connectivity index (χ0) is 17.0. The number of aromatic nitrogens is 2. The summed E-state index contributed by atoms with van der Waals surface area (Å²) in [6, 6.07) is 0.220. The first-order valence-electron chi connectivity index (χ1n) is 7.92. The summed E-state index contributed by atoms with van der Waals surface area (Å²) in [4.78, 5) is 41.7. The van der Waals surface area contributed by atoms with Crippen LogP contribution in [0, 0.1) is 12.8 Å². The lowest BCUT2D eigenvalue weighted by Gasteiger charge is -2.29. The molecule has 0 unspecified atom stereocenters. The van der Waals surface area contributed by atoms with Gasteiger partial charge in [0.05, 0.1) is 11.3 Å². The van der Waals surface area contributed by atoms with Crippen LogP contribution in [0.25, 0.3) is 0 Å². The zero-order valence-corrected chi connectivity index (χ0v) is 14.6. The molecular formula is C16H23N3O3S. The summed E-state index contributed by atoms with van der Waals surface area (Å²) in [6.45, 7) is 5.25. The average Bonchev–Trinajstić information content (AvgIpc) is 2.46. The Morgan fingerprint density at radius 3 is 2.70 bits per heavy atom. The minimum atomic E-state index is -0.503. The van der Waals surface area contributed by atoms with Crippen LogP contribution in [0.2, 0.25) is 0 Å². The number of ketones is 1.